The van der Waals surface area contributed by atoms with E-state index in [1.165, 1.54) is 18.5 Å². The first-order valence-corrected chi connectivity index (χ1v) is 4.97. The summed E-state index contributed by atoms with van der Waals surface area (Å²) in [5.41, 5.74) is 0. The van der Waals surface area contributed by atoms with Gasteiger partial charge in [-0.25, -0.2) is 0 Å². The Morgan fingerprint density at radius 3 is 0.900 bits per heavy atom. The topological polar surface area (TPSA) is 0 Å². The second kappa shape index (κ2) is 16.7. The second-order valence-electron chi connectivity index (χ2n) is 1.62. The van der Waals surface area contributed by atoms with Crippen molar-refractivity contribution >= 4 is 45.1 Å². The minimum atomic E-state index is 0. The first kappa shape index (κ1) is 22.5. The van der Waals surface area contributed by atoms with Gasteiger partial charge in [-0.2, -0.15) is 0 Å². The van der Waals surface area contributed by atoms with E-state index in [9.17, 15) is 0 Å². The van der Waals surface area contributed by atoms with Gasteiger partial charge in [-0.15, -0.1) is 45.1 Å². The molecule has 0 spiro atoms. The molecule has 0 unspecified atom stereocenters. The average molecular weight is 228 g/mol. The van der Waals surface area contributed by atoms with E-state index >= 15 is 0 Å². The normalized spacial score (nSPS) is 7.20. The van der Waals surface area contributed by atoms with Crippen molar-refractivity contribution in [1.29, 1.82) is 0 Å². The van der Waals surface area contributed by atoms with Crippen LogP contribution in [0.4, 0.5) is 0 Å². The Kier molecular flexibility index (Phi) is 37.6. The second-order valence-corrected chi connectivity index (χ2v) is 4.86. The van der Waals surface area contributed by atoms with Gasteiger partial charge in [0.2, 0.25) is 0 Å². The lowest BCUT2D eigenvalue weighted by Gasteiger charge is -2.07. The quantitative estimate of drug-likeness (QED) is 0.644. The molecule has 0 aromatic heterocycles. The Bertz CT molecular complexity index is 34.5. The molecule has 0 aliphatic heterocycles. The lowest BCUT2D eigenvalue weighted by atomic mass is 10.9. The van der Waals surface area contributed by atoms with Gasteiger partial charge in [-0.05, 0) is 18.5 Å². The molecule has 0 rings (SSSR count). The number of hydrogen-bond acceptors (Lipinski definition) is 0. The summed E-state index contributed by atoms with van der Waals surface area (Å²) in [5, 5.41) is 0. The SMILES string of the molecule is CCP(CC)CC.Cl.Cl.Cl. The van der Waals surface area contributed by atoms with Crippen LogP contribution in [-0.2, 0) is 0 Å². The molecular weight excluding hydrogens is 209 g/mol. The van der Waals surface area contributed by atoms with E-state index in [-0.39, 0.29) is 37.2 Å². The van der Waals surface area contributed by atoms with Crippen LogP contribution in [-0.4, -0.2) is 18.5 Å². The molecule has 10 heavy (non-hydrogen) atoms. The summed E-state index contributed by atoms with van der Waals surface area (Å²) in [6, 6.07) is 0. The van der Waals surface area contributed by atoms with Crippen molar-refractivity contribution < 1.29 is 0 Å². The van der Waals surface area contributed by atoms with Gasteiger partial charge in [0, 0.05) is 0 Å². The van der Waals surface area contributed by atoms with Crippen LogP contribution in [0.3, 0.4) is 0 Å². The molecular formula is C6H18Cl3P. The Hall–Kier alpha value is 1.30. The van der Waals surface area contributed by atoms with E-state index in [1.807, 2.05) is 0 Å². The molecule has 4 heteroatoms. The van der Waals surface area contributed by atoms with Gasteiger partial charge in [0.05, 0.1) is 0 Å². The van der Waals surface area contributed by atoms with Gasteiger partial charge in [0.1, 0.15) is 0 Å². The highest BCUT2D eigenvalue weighted by Gasteiger charge is 1.94. The van der Waals surface area contributed by atoms with Crippen molar-refractivity contribution in [2.75, 3.05) is 18.5 Å². The highest BCUT2D eigenvalue weighted by atomic mass is 35.5. The minimum absolute atomic E-state index is 0. The van der Waals surface area contributed by atoms with E-state index < -0.39 is 0 Å². The van der Waals surface area contributed by atoms with Crippen molar-refractivity contribution in [1.82, 2.24) is 0 Å². The van der Waals surface area contributed by atoms with Crippen LogP contribution in [0.2, 0.25) is 0 Å². The molecule has 0 N–H and O–H groups in total. The fraction of sp³-hybridized carbons (Fsp3) is 1.00. The zero-order valence-electron chi connectivity index (χ0n) is 6.79. The molecule has 0 aliphatic rings. The van der Waals surface area contributed by atoms with Crippen LogP contribution in [0.5, 0.6) is 0 Å². The summed E-state index contributed by atoms with van der Waals surface area (Å²) < 4.78 is 0. The molecule has 0 nitrogen and oxygen atoms in total. The Morgan fingerprint density at radius 2 is 0.900 bits per heavy atom. The molecule has 0 saturated carbocycles. The molecule has 0 heterocycles. The maximum atomic E-state index is 2.29. The Morgan fingerprint density at radius 1 is 0.700 bits per heavy atom. The van der Waals surface area contributed by atoms with E-state index in [0.29, 0.717) is 7.92 Å². The molecule has 0 saturated heterocycles. The molecule has 0 amide bonds. The maximum Gasteiger partial charge on any atom is -0.0355 e. The molecule has 0 aromatic rings. The minimum Gasteiger partial charge on any atom is -0.147 e. The molecule has 0 fully saturated rings. The zero-order chi connectivity index (χ0) is 5.70. The van der Waals surface area contributed by atoms with Gasteiger partial charge < -0.3 is 0 Å². The third kappa shape index (κ3) is 12.0. The van der Waals surface area contributed by atoms with Crippen LogP contribution in [0.25, 0.3) is 0 Å². The average Bonchev–Trinajstić information content (AvgIpc) is 1.72. The fourth-order valence-corrected chi connectivity index (χ4v) is 2.01. The highest BCUT2D eigenvalue weighted by molar-refractivity contribution is 7.57. The standard InChI is InChI=1S/C6H15P.3ClH/c1-4-7(5-2)6-3;;;/h4-6H2,1-3H3;3*1H. The lowest BCUT2D eigenvalue weighted by molar-refractivity contribution is 1.35. The van der Waals surface area contributed by atoms with Crippen molar-refractivity contribution in [2.45, 2.75) is 20.8 Å². The predicted molar refractivity (Wildman–Crippen MR) is 60.3 cm³/mol. The van der Waals surface area contributed by atoms with Crippen molar-refractivity contribution in [3.05, 3.63) is 0 Å². The van der Waals surface area contributed by atoms with Gasteiger partial charge >= 0.3 is 0 Å². The smallest absolute Gasteiger partial charge is 0.0355 e. The van der Waals surface area contributed by atoms with Gasteiger partial charge in [0.25, 0.3) is 0 Å². The molecule has 0 radical (unpaired) electrons. The van der Waals surface area contributed by atoms with E-state index in [4.69, 9.17) is 0 Å². The van der Waals surface area contributed by atoms with Gasteiger partial charge in [-0.1, -0.05) is 20.8 Å². The van der Waals surface area contributed by atoms with Crippen LogP contribution in [0.1, 0.15) is 20.8 Å². The monoisotopic (exact) mass is 226 g/mol. The largest absolute Gasteiger partial charge is 0.147 e. The predicted octanol–water partition coefficient (Wildman–Crippen LogP) is 3.79. The molecule has 0 atom stereocenters. The number of hydrogen-bond donors (Lipinski definition) is 0. The van der Waals surface area contributed by atoms with Crippen LogP contribution in [0, 0.1) is 0 Å². The highest BCUT2D eigenvalue weighted by Crippen LogP contribution is 2.32. The number of rotatable bonds is 3. The molecule has 0 aromatic carbocycles. The summed E-state index contributed by atoms with van der Waals surface area (Å²) in [7, 11) is 0.446. The lowest BCUT2D eigenvalue weighted by Crippen LogP contribution is -1.83. The van der Waals surface area contributed by atoms with Crippen LogP contribution in [0.15, 0.2) is 0 Å². The van der Waals surface area contributed by atoms with Crippen LogP contribution >= 0.6 is 45.1 Å². The third-order valence-electron chi connectivity index (χ3n) is 1.34. The van der Waals surface area contributed by atoms with E-state index in [0.717, 1.165) is 0 Å². The van der Waals surface area contributed by atoms with Gasteiger partial charge in [-0.3, -0.25) is 0 Å². The summed E-state index contributed by atoms with van der Waals surface area (Å²) in [6.07, 6.45) is 4.26. The summed E-state index contributed by atoms with van der Waals surface area (Å²) in [6.45, 7) is 6.87. The molecule has 0 aliphatic carbocycles. The first-order chi connectivity index (χ1) is 3.35. The Labute approximate surface area is 84.5 Å². The molecule has 68 valence electrons. The summed E-state index contributed by atoms with van der Waals surface area (Å²) in [4.78, 5) is 0. The first-order valence-electron chi connectivity index (χ1n) is 3.07. The third-order valence-corrected chi connectivity index (χ3v) is 4.02. The van der Waals surface area contributed by atoms with E-state index in [1.54, 1.807) is 0 Å². The summed E-state index contributed by atoms with van der Waals surface area (Å²) in [5.74, 6) is 0. The Balaban J connectivity index is -0.0000000600. The van der Waals surface area contributed by atoms with E-state index in [2.05, 4.69) is 20.8 Å². The number of halogens is 3. The zero-order valence-corrected chi connectivity index (χ0v) is 10.1. The fourth-order valence-electron chi connectivity index (χ4n) is 0.671. The van der Waals surface area contributed by atoms with Crippen LogP contribution < -0.4 is 0 Å². The van der Waals surface area contributed by atoms with Gasteiger partial charge in [0.15, 0.2) is 0 Å². The maximum absolute atomic E-state index is 2.29. The van der Waals surface area contributed by atoms with Crippen molar-refractivity contribution in [3.63, 3.8) is 0 Å². The summed E-state index contributed by atoms with van der Waals surface area (Å²) >= 11 is 0. The van der Waals surface area contributed by atoms with Crippen molar-refractivity contribution in [2.24, 2.45) is 0 Å². The van der Waals surface area contributed by atoms with Crippen molar-refractivity contribution in [3.8, 4) is 0 Å². The molecule has 0 bridgehead atoms.